The van der Waals surface area contributed by atoms with Crippen LogP contribution in [0.5, 0.6) is 0 Å². The third-order valence-electron chi connectivity index (χ3n) is 6.19. The van der Waals surface area contributed by atoms with Gasteiger partial charge < -0.3 is 15.0 Å². The summed E-state index contributed by atoms with van der Waals surface area (Å²) in [6.07, 6.45) is -0.747. The van der Waals surface area contributed by atoms with Crippen LogP contribution in [0.15, 0.2) is 53.5 Å². The molecule has 0 aromatic heterocycles. The minimum atomic E-state index is -0.747. The molecule has 182 valence electrons. The number of amides is 4. The molecule has 2 aromatic carbocycles. The number of carbonyl (C=O) groups is 3. The van der Waals surface area contributed by atoms with Gasteiger partial charge in [0.05, 0.1) is 18.9 Å². The van der Waals surface area contributed by atoms with Crippen molar-refractivity contribution in [2.75, 3.05) is 43.1 Å². The maximum Gasteiger partial charge on any atom is 0.333 e. The maximum atomic E-state index is 13.6. The molecule has 0 bridgehead atoms. The van der Waals surface area contributed by atoms with E-state index in [0.29, 0.717) is 42.8 Å². The number of hydrogen-bond acceptors (Lipinski definition) is 7. The summed E-state index contributed by atoms with van der Waals surface area (Å²) in [6.45, 7) is 6.20. The Balaban J connectivity index is 1.43. The van der Waals surface area contributed by atoms with Gasteiger partial charge in [-0.25, -0.2) is 14.7 Å². The largest absolute Gasteiger partial charge is 0.378 e. The fourth-order valence-electron chi connectivity index (χ4n) is 4.26. The number of ether oxygens (including phenoxy) is 1. The van der Waals surface area contributed by atoms with Crippen molar-refractivity contribution in [3.05, 3.63) is 59.7 Å². The van der Waals surface area contributed by atoms with Gasteiger partial charge in [0.25, 0.3) is 5.91 Å². The third-order valence-corrected chi connectivity index (χ3v) is 7.46. The lowest BCUT2D eigenvalue weighted by molar-refractivity contribution is -0.122. The molecule has 2 atom stereocenters. The van der Waals surface area contributed by atoms with Gasteiger partial charge in [-0.2, -0.15) is 0 Å². The van der Waals surface area contributed by atoms with Gasteiger partial charge in [-0.05, 0) is 38.1 Å². The zero-order valence-electron chi connectivity index (χ0n) is 19.6. The monoisotopic (exact) mass is 493 g/mol. The van der Waals surface area contributed by atoms with Crippen molar-refractivity contribution in [2.45, 2.75) is 25.3 Å². The van der Waals surface area contributed by atoms with E-state index in [1.165, 1.54) is 21.6 Å². The highest BCUT2D eigenvalue weighted by Gasteiger charge is 2.52. The number of urea groups is 1. The number of rotatable bonds is 4. The van der Waals surface area contributed by atoms with Crippen molar-refractivity contribution in [3.8, 4) is 0 Å². The highest BCUT2D eigenvalue weighted by Crippen LogP contribution is 2.38. The zero-order valence-corrected chi connectivity index (χ0v) is 20.5. The lowest BCUT2D eigenvalue weighted by Gasteiger charge is -2.39. The number of thioether (sulfide) groups is 1. The third kappa shape index (κ3) is 4.76. The van der Waals surface area contributed by atoms with Gasteiger partial charge in [0, 0.05) is 18.8 Å². The Morgan fingerprint density at radius 3 is 2.31 bits per heavy atom. The number of carbonyl (C=O) groups excluding carboxylic acids is 3. The van der Waals surface area contributed by atoms with Crippen LogP contribution in [0.2, 0.25) is 0 Å². The van der Waals surface area contributed by atoms with E-state index in [2.05, 4.69) is 10.2 Å². The minimum absolute atomic E-state index is 0.218. The summed E-state index contributed by atoms with van der Waals surface area (Å²) in [5.74, 6) is -0.671. The van der Waals surface area contributed by atoms with E-state index >= 15 is 0 Å². The molecular formula is C25H27N5O4S. The Morgan fingerprint density at radius 1 is 1.03 bits per heavy atom. The van der Waals surface area contributed by atoms with Crippen molar-refractivity contribution < 1.29 is 19.1 Å². The molecule has 35 heavy (non-hydrogen) atoms. The molecule has 4 amide bonds. The summed E-state index contributed by atoms with van der Waals surface area (Å²) in [5, 5.41) is 2.93. The summed E-state index contributed by atoms with van der Waals surface area (Å²) in [4.78, 5) is 49.5. The number of amidine groups is 1. The zero-order chi connectivity index (χ0) is 24.5. The molecule has 3 heterocycles. The number of imide groups is 1. The standard InChI is InChI=1S/C25H27N5O4S/c1-16-3-7-18(8-4-16)26-20(31)15-29-22-21(35-24(27-22)28-11-13-34-14-12-28)23(32)30(25(29)33)19-9-5-17(2)6-10-19/h3-10,21-22H,11-15H2,1-2H3,(H,26,31). The van der Waals surface area contributed by atoms with Crippen molar-refractivity contribution >= 4 is 46.1 Å². The number of aliphatic imine (C=N–C) groups is 1. The quantitative estimate of drug-likeness (QED) is 0.704. The van der Waals surface area contributed by atoms with E-state index in [9.17, 15) is 14.4 Å². The first-order valence-corrected chi connectivity index (χ1v) is 12.4. The van der Waals surface area contributed by atoms with Gasteiger partial charge >= 0.3 is 6.03 Å². The summed E-state index contributed by atoms with van der Waals surface area (Å²) < 4.78 is 5.44. The molecule has 2 fully saturated rings. The normalized spacial score (nSPS) is 22.2. The predicted molar refractivity (Wildman–Crippen MR) is 136 cm³/mol. The second-order valence-corrected chi connectivity index (χ2v) is 9.91. The SMILES string of the molecule is Cc1ccc(NC(=O)CN2C(=O)N(c3ccc(C)cc3)C(=O)C3SC(N4CCOCC4)=NC32)cc1. The molecule has 0 radical (unpaired) electrons. The Hall–Kier alpha value is -3.37. The van der Waals surface area contributed by atoms with Crippen LogP contribution in [-0.4, -0.2) is 77.1 Å². The fraction of sp³-hybridized carbons (Fsp3) is 0.360. The Morgan fingerprint density at radius 2 is 1.66 bits per heavy atom. The first kappa shape index (κ1) is 23.4. The Kier molecular flexibility index (Phi) is 6.48. The second kappa shape index (κ2) is 9.71. The molecule has 2 aromatic rings. The highest BCUT2D eigenvalue weighted by molar-refractivity contribution is 8.15. The lowest BCUT2D eigenvalue weighted by atomic mass is 10.1. The van der Waals surface area contributed by atoms with Crippen LogP contribution in [0.3, 0.4) is 0 Å². The average Bonchev–Trinajstić information content (AvgIpc) is 3.31. The van der Waals surface area contributed by atoms with Crippen LogP contribution >= 0.6 is 11.8 Å². The van der Waals surface area contributed by atoms with E-state index in [4.69, 9.17) is 9.73 Å². The molecule has 1 N–H and O–H groups in total. The molecule has 10 heteroatoms. The van der Waals surface area contributed by atoms with Crippen LogP contribution < -0.4 is 10.2 Å². The number of aryl methyl sites for hydroxylation is 2. The van der Waals surface area contributed by atoms with Gasteiger partial charge in [-0.1, -0.05) is 47.2 Å². The molecule has 3 aliphatic heterocycles. The molecule has 0 aliphatic carbocycles. The van der Waals surface area contributed by atoms with Crippen LogP contribution in [0.4, 0.5) is 16.2 Å². The van der Waals surface area contributed by atoms with Gasteiger partial charge in [-0.3, -0.25) is 14.5 Å². The summed E-state index contributed by atoms with van der Waals surface area (Å²) >= 11 is 1.35. The number of fused-ring (bicyclic) bond motifs is 1. The highest BCUT2D eigenvalue weighted by atomic mass is 32.2. The second-order valence-electron chi connectivity index (χ2n) is 8.80. The Labute approximate surface area is 208 Å². The average molecular weight is 494 g/mol. The molecule has 0 saturated carbocycles. The van der Waals surface area contributed by atoms with Crippen molar-refractivity contribution in [2.24, 2.45) is 4.99 Å². The first-order valence-electron chi connectivity index (χ1n) is 11.6. The lowest BCUT2D eigenvalue weighted by Crippen LogP contribution is -2.63. The number of morpholine rings is 1. The molecule has 5 rings (SSSR count). The van der Waals surface area contributed by atoms with Gasteiger partial charge in [0.15, 0.2) is 5.17 Å². The molecule has 2 saturated heterocycles. The minimum Gasteiger partial charge on any atom is -0.378 e. The number of nitrogens with one attached hydrogen (secondary N) is 1. The van der Waals surface area contributed by atoms with Gasteiger partial charge in [0.1, 0.15) is 18.0 Å². The van der Waals surface area contributed by atoms with Crippen molar-refractivity contribution in [1.82, 2.24) is 9.80 Å². The topological polar surface area (TPSA) is 94.5 Å². The molecular weight excluding hydrogens is 466 g/mol. The number of benzene rings is 2. The number of anilines is 2. The van der Waals surface area contributed by atoms with E-state index < -0.39 is 17.4 Å². The van der Waals surface area contributed by atoms with E-state index in [1.54, 1.807) is 12.1 Å². The van der Waals surface area contributed by atoms with Crippen LogP contribution in [0.25, 0.3) is 0 Å². The fourth-order valence-corrected chi connectivity index (χ4v) is 5.52. The summed E-state index contributed by atoms with van der Waals surface area (Å²) in [5.41, 5.74) is 3.23. The molecule has 2 unspecified atom stereocenters. The molecule has 0 spiro atoms. The maximum absolute atomic E-state index is 13.6. The van der Waals surface area contributed by atoms with Crippen LogP contribution in [0, 0.1) is 13.8 Å². The van der Waals surface area contributed by atoms with E-state index in [-0.39, 0.29) is 18.4 Å². The predicted octanol–water partition coefficient (Wildman–Crippen LogP) is 2.84. The Bertz CT molecular complexity index is 1160. The first-order chi connectivity index (χ1) is 16.9. The van der Waals surface area contributed by atoms with Crippen molar-refractivity contribution in [3.63, 3.8) is 0 Å². The van der Waals surface area contributed by atoms with Gasteiger partial charge in [-0.15, -0.1) is 0 Å². The summed E-state index contributed by atoms with van der Waals surface area (Å²) in [6, 6.07) is 14.1. The smallest absolute Gasteiger partial charge is 0.333 e. The van der Waals surface area contributed by atoms with E-state index in [1.807, 2.05) is 50.2 Å². The molecule has 9 nitrogen and oxygen atoms in total. The number of hydrogen-bond donors (Lipinski definition) is 1. The van der Waals surface area contributed by atoms with Crippen molar-refractivity contribution in [1.29, 1.82) is 0 Å². The van der Waals surface area contributed by atoms with Crippen LogP contribution in [0.1, 0.15) is 11.1 Å². The summed E-state index contributed by atoms with van der Waals surface area (Å²) in [7, 11) is 0. The van der Waals surface area contributed by atoms with Gasteiger partial charge in [0.2, 0.25) is 5.91 Å². The van der Waals surface area contributed by atoms with Crippen LogP contribution in [-0.2, 0) is 14.3 Å². The molecule has 3 aliphatic rings. The van der Waals surface area contributed by atoms with E-state index in [0.717, 1.165) is 11.1 Å². The number of nitrogens with zero attached hydrogens (tertiary/aromatic N) is 4.